The lowest BCUT2D eigenvalue weighted by molar-refractivity contribution is -0.116. The van der Waals surface area contributed by atoms with Crippen LogP contribution in [0.4, 0.5) is 0 Å². The quantitative estimate of drug-likeness (QED) is 0.205. The molecule has 0 aliphatic rings. The molecule has 4 nitrogen and oxygen atoms in total. The third-order valence-electron chi connectivity index (χ3n) is 3.79. The number of ether oxygens (including phenoxy) is 1. The summed E-state index contributed by atoms with van der Waals surface area (Å²) in [6.07, 6.45) is 3.10. The number of amides is 1. The maximum absolute atomic E-state index is 11.2. The first-order chi connectivity index (χ1) is 12.2. The Kier molecular flexibility index (Phi) is 5.67. The van der Waals surface area contributed by atoms with Gasteiger partial charge in [0.15, 0.2) is 0 Å². The van der Waals surface area contributed by atoms with E-state index in [1.54, 1.807) is 6.08 Å². The number of hydrogen-bond donors (Lipinski definition) is 2. The summed E-state index contributed by atoms with van der Waals surface area (Å²) in [4.78, 5) is 11.2. The predicted molar refractivity (Wildman–Crippen MR) is 109 cm³/mol. The summed E-state index contributed by atoms with van der Waals surface area (Å²) in [5, 5.41) is 2.41. The Balaban J connectivity index is 1.75. The van der Waals surface area contributed by atoms with Gasteiger partial charge in [-0.3, -0.25) is 10.2 Å². The van der Waals surface area contributed by atoms with Crippen LogP contribution in [0.1, 0.15) is 11.1 Å². The highest BCUT2D eigenvalue weighted by molar-refractivity contribution is 14.1. The SMILES string of the molecule is NNC(=O)/C=C/c1ccc(OCc2cccc3ccccc23)c(I)c1. The van der Waals surface area contributed by atoms with E-state index in [4.69, 9.17) is 10.6 Å². The molecule has 0 unspecified atom stereocenters. The van der Waals surface area contributed by atoms with Crippen molar-refractivity contribution in [1.29, 1.82) is 0 Å². The van der Waals surface area contributed by atoms with Crippen LogP contribution in [0.15, 0.2) is 66.7 Å². The molecule has 0 aromatic heterocycles. The molecule has 0 saturated heterocycles. The highest BCUT2D eigenvalue weighted by Gasteiger charge is 2.05. The molecule has 0 aliphatic heterocycles. The number of hydrogen-bond acceptors (Lipinski definition) is 3. The van der Waals surface area contributed by atoms with Crippen LogP contribution in [-0.2, 0) is 11.4 Å². The first-order valence-electron chi connectivity index (χ1n) is 7.75. The molecule has 0 radical (unpaired) electrons. The van der Waals surface area contributed by atoms with Crippen LogP contribution in [0.5, 0.6) is 5.75 Å². The summed E-state index contributed by atoms with van der Waals surface area (Å²) < 4.78 is 6.98. The number of nitrogens with one attached hydrogen (secondary N) is 1. The van der Waals surface area contributed by atoms with Gasteiger partial charge in [-0.1, -0.05) is 48.5 Å². The molecule has 0 aliphatic carbocycles. The Hall–Kier alpha value is -2.38. The van der Waals surface area contributed by atoms with E-state index in [1.165, 1.54) is 16.8 Å². The van der Waals surface area contributed by atoms with E-state index in [0.717, 1.165) is 20.4 Å². The van der Waals surface area contributed by atoms with Gasteiger partial charge in [-0.05, 0) is 62.7 Å². The van der Waals surface area contributed by atoms with Gasteiger partial charge in [-0.2, -0.15) is 0 Å². The normalized spacial score (nSPS) is 11.0. The van der Waals surface area contributed by atoms with Crippen molar-refractivity contribution < 1.29 is 9.53 Å². The van der Waals surface area contributed by atoms with Gasteiger partial charge in [0, 0.05) is 6.08 Å². The molecule has 0 heterocycles. The Labute approximate surface area is 159 Å². The summed E-state index contributed by atoms with van der Waals surface area (Å²) >= 11 is 2.23. The van der Waals surface area contributed by atoms with E-state index < -0.39 is 0 Å². The Morgan fingerprint density at radius 2 is 1.92 bits per heavy atom. The maximum atomic E-state index is 11.2. The van der Waals surface area contributed by atoms with Crippen LogP contribution in [0, 0.1) is 3.57 Å². The van der Waals surface area contributed by atoms with Crippen LogP contribution in [0.25, 0.3) is 16.8 Å². The van der Waals surface area contributed by atoms with Gasteiger partial charge in [0.2, 0.25) is 0 Å². The fourth-order valence-corrected chi connectivity index (χ4v) is 3.23. The monoisotopic (exact) mass is 444 g/mol. The molecule has 0 spiro atoms. The van der Waals surface area contributed by atoms with Gasteiger partial charge >= 0.3 is 0 Å². The van der Waals surface area contributed by atoms with Crippen LogP contribution < -0.4 is 16.0 Å². The molecule has 0 fully saturated rings. The highest BCUT2D eigenvalue weighted by atomic mass is 127. The minimum atomic E-state index is -0.341. The van der Waals surface area contributed by atoms with Gasteiger partial charge in [0.05, 0.1) is 3.57 Å². The number of rotatable bonds is 5. The number of carbonyl (C=O) groups excluding carboxylic acids is 1. The number of benzene rings is 3. The van der Waals surface area contributed by atoms with Crippen molar-refractivity contribution in [3.05, 3.63) is 81.4 Å². The highest BCUT2D eigenvalue weighted by Crippen LogP contribution is 2.25. The van der Waals surface area contributed by atoms with Crippen molar-refractivity contribution >= 4 is 45.3 Å². The standard InChI is InChI=1S/C20H17IN2O2/c21-18-12-14(9-11-20(24)23-22)8-10-19(18)25-13-16-6-3-5-15-4-1-2-7-17(15)16/h1-12H,13,22H2,(H,23,24)/b11-9+. The second-order valence-corrected chi connectivity index (χ2v) is 6.62. The fourth-order valence-electron chi connectivity index (χ4n) is 2.53. The van der Waals surface area contributed by atoms with Crippen molar-refractivity contribution in [2.45, 2.75) is 6.61 Å². The molecule has 3 rings (SSSR count). The lowest BCUT2D eigenvalue weighted by atomic mass is 10.1. The van der Waals surface area contributed by atoms with Gasteiger partial charge < -0.3 is 4.74 Å². The Bertz CT molecular complexity index is 933. The molecule has 1 amide bonds. The molecule has 25 heavy (non-hydrogen) atoms. The van der Waals surface area contributed by atoms with Crippen molar-refractivity contribution in [2.75, 3.05) is 0 Å². The first kappa shape index (κ1) is 17.4. The molecule has 3 N–H and O–H groups in total. The van der Waals surface area contributed by atoms with E-state index in [1.807, 2.05) is 36.4 Å². The summed E-state index contributed by atoms with van der Waals surface area (Å²) in [6, 6.07) is 20.3. The zero-order valence-electron chi connectivity index (χ0n) is 13.4. The van der Waals surface area contributed by atoms with Crippen LogP contribution in [0.3, 0.4) is 0 Å². The summed E-state index contributed by atoms with van der Waals surface area (Å²) in [5.74, 6) is 5.52. The van der Waals surface area contributed by atoms with Crippen LogP contribution in [0.2, 0.25) is 0 Å². The number of carbonyl (C=O) groups is 1. The van der Waals surface area contributed by atoms with E-state index in [2.05, 4.69) is 52.3 Å². The van der Waals surface area contributed by atoms with Gasteiger partial charge in [0.25, 0.3) is 5.91 Å². The first-order valence-corrected chi connectivity index (χ1v) is 8.83. The lowest BCUT2D eigenvalue weighted by Crippen LogP contribution is -2.27. The van der Waals surface area contributed by atoms with Gasteiger partial charge in [-0.15, -0.1) is 0 Å². The van der Waals surface area contributed by atoms with Crippen LogP contribution >= 0.6 is 22.6 Å². The van der Waals surface area contributed by atoms with Gasteiger partial charge in [0.1, 0.15) is 12.4 Å². The molecule has 0 bridgehead atoms. The number of nitrogens with two attached hydrogens (primary N) is 1. The average molecular weight is 444 g/mol. The third-order valence-corrected chi connectivity index (χ3v) is 4.63. The Morgan fingerprint density at radius 1 is 1.12 bits per heavy atom. The molecule has 0 atom stereocenters. The smallest absolute Gasteiger partial charge is 0.257 e. The minimum Gasteiger partial charge on any atom is -0.488 e. The van der Waals surface area contributed by atoms with E-state index >= 15 is 0 Å². The average Bonchev–Trinajstić information content (AvgIpc) is 2.65. The predicted octanol–water partition coefficient (Wildman–Crippen LogP) is 4.03. The van der Waals surface area contributed by atoms with Gasteiger partial charge in [-0.25, -0.2) is 5.84 Å². The molecule has 3 aromatic rings. The molecular formula is C20H17IN2O2. The topological polar surface area (TPSA) is 64.3 Å². The molecule has 3 aromatic carbocycles. The zero-order chi connectivity index (χ0) is 17.6. The second kappa shape index (κ2) is 8.13. The van der Waals surface area contributed by atoms with E-state index in [-0.39, 0.29) is 5.91 Å². The van der Waals surface area contributed by atoms with E-state index in [9.17, 15) is 4.79 Å². The molecular weight excluding hydrogens is 427 g/mol. The van der Waals surface area contributed by atoms with E-state index in [0.29, 0.717) is 6.61 Å². The molecule has 0 saturated carbocycles. The van der Waals surface area contributed by atoms with Crippen molar-refractivity contribution in [3.8, 4) is 5.75 Å². The van der Waals surface area contributed by atoms with Crippen molar-refractivity contribution in [3.63, 3.8) is 0 Å². The zero-order valence-corrected chi connectivity index (χ0v) is 15.6. The fraction of sp³-hybridized carbons (Fsp3) is 0.0500. The number of fused-ring (bicyclic) bond motifs is 1. The number of halogens is 1. The summed E-state index contributed by atoms with van der Waals surface area (Å²) in [6.45, 7) is 0.502. The largest absolute Gasteiger partial charge is 0.488 e. The second-order valence-electron chi connectivity index (χ2n) is 5.46. The summed E-state index contributed by atoms with van der Waals surface area (Å²) in [5.41, 5.74) is 4.12. The van der Waals surface area contributed by atoms with Crippen molar-refractivity contribution in [1.82, 2.24) is 5.43 Å². The third kappa shape index (κ3) is 4.37. The van der Waals surface area contributed by atoms with Crippen LogP contribution in [-0.4, -0.2) is 5.91 Å². The lowest BCUT2D eigenvalue weighted by Gasteiger charge is -2.11. The molecule has 5 heteroatoms. The van der Waals surface area contributed by atoms with Crippen molar-refractivity contribution in [2.24, 2.45) is 5.84 Å². The molecule has 126 valence electrons. The maximum Gasteiger partial charge on any atom is 0.257 e. The minimum absolute atomic E-state index is 0.341. The summed E-state index contributed by atoms with van der Waals surface area (Å²) in [7, 11) is 0. The Morgan fingerprint density at radius 3 is 2.72 bits per heavy atom. The number of hydrazine groups is 1.